The van der Waals surface area contributed by atoms with Crippen LogP contribution in [0.3, 0.4) is 0 Å². The third-order valence-corrected chi connectivity index (χ3v) is 6.78. The molecule has 0 spiro atoms. The summed E-state index contributed by atoms with van der Waals surface area (Å²) in [5.74, 6) is 2.55. The predicted molar refractivity (Wildman–Crippen MR) is 127 cm³/mol. The molecule has 0 radical (unpaired) electrons. The monoisotopic (exact) mass is 427 g/mol. The molecule has 1 aromatic heterocycles. The van der Waals surface area contributed by atoms with Crippen molar-refractivity contribution in [3.8, 4) is 0 Å². The number of nitrogens with zero attached hydrogens (tertiary/aromatic N) is 2. The number of nitrogens with one attached hydrogen (secondary N) is 1. The molecule has 1 aromatic carbocycles. The van der Waals surface area contributed by atoms with Crippen LogP contribution in [0.15, 0.2) is 36.5 Å². The van der Waals surface area contributed by atoms with Crippen molar-refractivity contribution < 1.29 is 4.79 Å². The first kappa shape index (κ1) is 22.9. The van der Waals surface area contributed by atoms with Crippen molar-refractivity contribution in [3.63, 3.8) is 0 Å². The summed E-state index contributed by atoms with van der Waals surface area (Å²) in [5, 5.41) is 3.19. The minimum atomic E-state index is 0.00138. The molecule has 164 valence electrons. The molecule has 2 aromatic rings. The third kappa shape index (κ3) is 6.63. The van der Waals surface area contributed by atoms with Gasteiger partial charge in [-0.3, -0.25) is 4.79 Å². The average molecular weight is 428 g/mol. The fraction of sp³-hybridized carbons (Fsp3) is 0.600. The van der Waals surface area contributed by atoms with Crippen LogP contribution in [0.2, 0.25) is 0 Å². The zero-order valence-electron chi connectivity index (χ0n) is 18.4. The molecule has 1 fully saturated rings. The van der Waals surface area contributed by atoms with Crippen molar-refractivity contribution in [2.24, 2.45) is 11.8 Å². The average Bonchev–Trinajstić information content (AvgIpc) is 3.17. The van der Waals surface area contributed by atoms with Crippen molar-refractivity contribution in [2.75, 3.05) is 5.75 Å². The standard InChI is InChI=1S/C25H37N3OS/c1-2-3-14-24-26-16-23(28(24)18-21-12-8-5-9-13-21)17-27-25(29)22(19-30)15-20-10-6-4-7-11-20/h5,8-9,12-13,16,20,22,30H,2-4,6-7,10-11,14-15,17-19H2,1H3,(H,27,29). The number of carbonyl (C=O) groups excluding carboxylic acids is 1. The van der Waals surface area contributed by atoms with Gasteiger partial charge in [-0.05, 0) is 24.3 Å². The second-order valence-electron chi connectivity index (χ2n) is 8.68. The molecule has 1 heterocycles. The second-order valence-corrected chi connectivity index (χ2v) is 9.04. The van der Waals surface area contributed by atoms with Crippen LogP contribution in [0.4, 0.5) is 0 Å². The van der Waals surface area contributed by atoms with Gasteiger partial charge in [0.05, 0.1) is 18.4 Å². The number of imidazole rings is 1. The minimum absolute atomic E-state index is 0.00138. The molecule has 1 atom stereocenters. The first-order valence-electron chi connectivity index (χ1n) is 11.7. The topological polar surface area (TPSA) is 46.9 Å². The first-order valence-corrected chi connectivity index (χ1v) is 12.3. The van der Waals surface area contributed by atoms with Crippen LogP contribution in [0.25, 0.3) is 0 Å². The summed E-state index contributed by atoms with van der Waals surface area (Å²) in [4.78, 5) is 17.6. The summed E-state index contributed by atoms with van der Waals surface area (Å²) in [6.45, 7) is 3.53. The molecule has 0 aliphatic heterocycles. The Bertz CT molecular complexity index is 768. The van der Waals surface area contributed by atoms with Gasteiger partial charge in [-0.2, -0.15) is 12.6 Å². The largest absolute Gasteiger partial charge is 0.350 e. The van der Waals surface area contributed by atoms with Crippen LogP contribution in [-0.2, 0) is 24.3 Å². The number of carbonyl (C=O) groups is 1. The van der Waals surface area contributed by atoms with E-state index in [4.69, 9.17) is 0 Å². The van der Waals surface area contributed by atoms with Gasteiger partial charge in [0.25, 0.3) is 0 Å². The smallest absolute Gasteiger partial charge is 0.224 e. The Labute approximate surface area is 187 Å². The zero-order valence-corrected chi connectivity index (χ0v) is 19.2. The predicted octanol–water partition coefficient (Wildman–Crippen LogP) is 5.41. The first-order chi connectivity index (χ1) is 14.7. The van der Waals surface area contributed by atoms with Crippen LogP contribution >= 0.6 is 12.6 Å². The van der Waals surface area contributed by atoms with E-state index < -0.39 is 0 Å². The van der Waals surface area contributed by atoms with E-state index in [0.717, 1.165) is 43.7 Å². The summed E-state index contributed by atoms with van der Waals surface area (Å²) >= 11 is 4.49. The van der Waals surface area contributed by atoms with E-state index in [1.807, 2.05) is 12.3 Å². The van der Waals surface area contributed by atoms with E-state index in [1.54, 1.807) is 0 Å². The lowest BCUT2D eigenvalue weighted by atomic mass is 9.83. The zero-order chi connectivity index (χ0) is 21.2. The van der Waals surface area contributed by atoms with Crippen molar-refractivity contribution in [3.05, 3.63) is 53.6 Å². The number of aryl methyl sites for hydroxylation is 1. The van der Waals surface area contributed by atoms with E-state index in [1.165, 1.54) is 37.7 Å². The van der Waals surface area contributed by atoms with Crippen molar-refractivity contribution >= 4 is 18.5 Å². The van der Waals surface area contributed by atoms with Crippen LogP contribution in [0.5, 0.6) is 0 Å². The molecule has 1 unspecified atom stereocenters. The van der Waals surface area contributed by atoms with Crippen molar-refractivity contribution in [2.45, 2.75) is 77.8 Å². The Hall–Kier alpha value is -1.75. The fourth-order valence-corrected chi connectivity index (χ4v) is 4.82. The Morgan fingerprint density at radius 1 is 1.23 bits per heavy atom. The highest BCUT2D eigenvalue weighted by Gasteiger charge is 2.23. The molecule has 1 aliphatic carbocycles. The molecular formula is C25H37N3OS. The molecule has 1 saturated carbocycles. The number of amides is 1. The lowest BCUT2D eigenvalue weighted by Crippen LogP contribution is -2.33. The molecule has 0 bridgehead atoms. The van der Waals surface area contributed by atoms with Gasteiger partial charge >= 0.3 is 0 Å². The fourth-order valence-electron chi connectivity index (χ4n) is 4.50. The van der Waals surface area contributed by atoms with Gasteiger partial charge in [-0.15, -0.1) is 0 Å². The maximum atomic E-state index is 12.9. The van der Waals surface area contributed by atoms with Crippen LogP contribution in [0.1, 0.15) is 75.4 Å². The van der Waals surface area contributed by atoms with E-state index in [9.17, 15) is 4.79 Å². The van der Waals surface area contributed by atoms with Crippen LogP contribution in [0, 0.1) is 11.8 Å². The number of rotatable bonds is 11. The van der Waals surface area contributed by atoms with Crippen LogP contribution < -0.4 is 5.32 Å². The molecule has 4 nitrogen and oxygen atoms in total. The maximum absolute atomic E-state index is 12.9. The Morgan fingerprint density at radius 3 is 2.70 bits per heavy atom. The van der Waals surface area contributed by atoms with E-state index >= 15 is 0 Å². The Morgan fingerprint density at radius 2 is 2.00 bits per heavy atom. The van der Waals surface area contributed by atoms with Crippen LogP contribution in [-0.4, -0.2) is 21.2 Å². The summed E-state index contributed by atoms with van der Waals surface area (Å²) in [7, 11) is 0. The number of benzene rings is 1. The molecule has 1 amide bonds. The number of unbranched alkanes of at least 4 members (excludes halogenated alkanes) is 1. The molecule has 5 heteroatoms. The maximum Gasteiger partial charge on any atom is 0.224 e. The van der Waals surface area contributed by atoms with E-state index in [-0.39, 0.29) is 11.8 Å². The normalized spacial score (nSPS) is 15.8. The highest BCUT2D eigenvalue weighted by molar-refractivity contribution is 7.80. The Balaban J connectivity index is 1.64. The molecular weight excluding hydrogens is 390 g/mol. The van der Waals surface area contributed by atoms with Gasteiger partial charge in [-0.25, -0.2) is 4.98 Å². The van der Waals surface area contributed by atoms with Gasteiger partial charge in [0.15, 0.2) is 0 Å². The molecule has 1 aliphatic rings. The third-order valence-electron chi connectivity index (χ3n) is 6.34. The van der Waals surface area contributed by atoms with Gasteiger partial charge < -0.3 is 9.88 Å². The lowest BCUT2D eigenvalue weighted by molar-refractivity contribution is -0.125. The number of hydrogen-bond acceptors (Lipinski definition) is 3. The van der Waals surface area contributed by atoms with Gasteiger partial charge in [-0.1, -0.05) is 75.8 Å². The molecule has 0 saturated heterocycles. The number of thiol groups is 1. The highest BCUT2D eigenvalue weighted by atomic mass is 32.1. The number of hydrogen-bond donors (Lipinski definition) is 2. The molecule has 30 heavy (non-hydrogen) atoms. The second kappa shape index (κ2) is 12.2. The molecule has 1 N–H and O–H groups in total. The quantitative estimate of drug-likeness (QED) is 0.471. The van der Waals surface area contributed by atoms with Crippen molar-refractivity contribution in [1.82, 2.24) is 14.9 Å². The summed E-state index contributed by atoms with van der Waals surface area (Å²) in [6, 6.07) is 10.5. The van der Waals surface area contributed by atoms with Crippen molar-refractivity contribution in [1.29, 1.82) is 0 Å². The van der Waals surface area contributed by atoms with Gasteiger partial charge in [0, 0.05) is 24.6 Å². The van der Waals surface area contributed by atoms with Gasteiger partial charge in [0.2, 0.25) is 5.91 Å². The Kier molecular flexibility index (Phi) is 9.31. The minimum Gasteiger partial charge on any atom is -0.350 e. The summed E-state index contributed by atoms with van der Waals surface area (Å²) in [6.07, 6.45) is 12.7. The lowest BCUT2D eigenvalue weighted by Gasteiger charge is -2.25. The highest BCUT2D eigenvalue weighted by Crippen LogP contribution is 2.29. The summed E-state index contributed by atoms with van der Waals surface area (Å²) in [5.41, 5.74) is 2.33. The SMILES string of the molecule is CCCCc1ncc(CNC(=O)C(CS)CC2CCCCC2)n1Cc1ccccc1. The van der Waals surface area contributed by atoms with Gasteiger partial charge in [0.1, 0.15) is 5.82 Å². The van der Waals surface area contributed by atoms with E-state index in [2.05, 4.69) is 58.7 Å². The molecule has 3 rings (SSSR count). The summed E-state index contributed by atoms with van der Waals surface area (Å²) < 4.78 is 2.28. The number of aromatic nitrogens is 2. The van der Waals surface area contributed by atoms with E-state index in [0.29, 0.717) is 18.2 Å².